The van der Waals surface area contributed by atoms with Crippen LogP contribution in [-0.4, -0.2) is 47.6 Å². The van der Waals surface area contributed by atoms with Crippen LogP contribution in [0.1, 0.15) is 18.4 Å². The van der Waals surface area contributed by atoms with Crippen LogP contribution in [0, 0.1) is 0 Å². The Hall–Kier alpha value is -1.94. The van der Waals surface area contributed by atoms with Crippen LogP contribution in [0.5, 0.6) is 0 Å². The summed E-state index contributed by atoms with van der Waals surface area (Å²) in [6.45, 7) is 3.51. The first-order valence-electron chi connectivity index (χ1n) is 8.08. The molecule has 1 aliphatic rings. The zero-order valence-electron chi connectivity index (χ0n) is 13.2. The van der Waals surface area contributed by atoms with Crippen molar-refractivity contribution in [1.29, 1.82) is 0 Å². The molecule has 3 rings (SSSR count). The lowest BCUT2D eigenvalue weighted by Gasteiger charge is -2.25. The molecule has 4 nitrogen and oxygen atoms in total. The summed E-state index contributed by atoms with van der Waals surface area (Å²) in [5.41, 5.74) is 1.44. The highest BCUT2D eigenvalue weighted by molar-refractivity contribution is 5.37. The number of aromatic nitrogens is 2. The Labute approximate surface area is 132 Å². The van der Waals surface area contributed by atoms with Crippen LogP contribution in [0.15, 0.2) is 48.9 Å². The SMILES string of the molecule is CN(c1ccncn1)C1CCN(CCCc2ccccc2)C1. The molecule has 0 saturated carbocycles. The summed E-state index contributed by atoms with van der Waals surface area (Å²) in [6.07, 6.45) is 7.05. The lowest BCUT2D eigenvalue weighted by Crippen LogP contribution is -2.35. The first-order valence-corrected chi connectivity index (χ1v) is 8.08. The van der Waals surface area contributed by atoms with Gasteiger partial charge in [0, 0.05) is 32.4 Å². The van der Waals surface area contributed by atoms with Crippen molar-refractivity contribution in [3.8, 4) is 0 Å². The summed E-state index contributed by atoms with van der Waals surface area (Å²) in [7, 11) is 2.14. The van der Waals surface area contributed by atoms with Crippen molar-refractivity contribution in [3.63, 3.8) is 0 Å². The molecule has 0 radical (unpaired) electrons. The van der Waals surface area contributed by atoms with Crippen LogP contribution in [0.25, 0.3) is 0 Å². The molecule has 1 saturated heterocycles. The Kier molecular flexibility index (Phi) is 5.01. The summed E-state index contributed by atoms with van der Waals surface area (Å²) in [5.74, 6) is 1.02. The highest BCUT2D eigenvalue weighted by Gasteiger charge is 2.25. The van der Waals surface area contributed by atoms with Gasteiger partial charge in [0.2, 0.25) is 0 Å². The monoisotopic (exact) mass is 296 g/mol. The second kappa shape index (κ2) is 7.36. The Morgan fingerprint density at radius 1 is 1.23 bits per heavy atom. The molecule has 1 aromatic carbocycles. The molecule has 1 atom stereocenters. The summed E-state index contributed by atoms with van der Waals surface area (Å²) in [6, 6.07) is 13.3. The zero-order chi connectivity index (χ0) is 15.2. The van der Waals surface area contributed by atoms with Gasteiger partial charge in [-0.05, 0) is 37.4 Å². The highest BCUT2D eigenvalue weighted by Crippen LogP contribution is 2.19. The second-order valence-corrected chi connectivity index (χ2v) is 6.01. The molecule has 1 aliphatic heterocycles. The molecule has 1 unspecified atom stereocenters. The fourth-order valence-electron chi connectivity index (χ4n) is 3.16. The van der Waals surface area contributed by atoms with E-state index in [0.29, 0.717) is 6.04 Å². The first kappa shape index (κ1) is 15.0. The van der Waals surface area contributed by atoms with Gasteiger partial charge in [0.1, 0.15) is 12.1 Å². The van der Waals surface area contributed by atoms with Crippen LogP contribution < -0.4 is 4.90 Å². The second-order valence-electron chi connectivity index (χ2n) is 6.01. The number of likely N-dealkylation sites (tertiary alicyclic amines) is 1. The lowest BCUT2D eigenvalue weighted by molar-refractivity contribution is 0.328. The van der Waals surface area contributed by atoms with E-state index in [2.05, 4.69) is 57.1 Å². The van der Waals surface area contributed by atoms with Gasteiger partial charge in [-0.2, -0.15) is 0 Å². The third-order valence-corrected chi connectivity index (χ3v) is 4.51. The number of nitrogens with zero attached hydrogens (tertiary/aromatic N) is 4. The summed E-state index contributed by atoms with van der Waals surface area (Å²) < 4.78 is 0. The topological polar surface area (TPSA) is 32.3 Å². The van der Waals surface area contributed by atoms with Crippen molar-refractivity contribution >= 4 is 5.82 Å². The molecule has 4 heteroatoms. The van der Waals surface area contributed by atoms with Crippen molar-refractivity contribution in [2.24, 2.45) is 0 Å². The van der Waals surface area contributed by atoms with Gasteiger partial charge in [0.15, 0.2) is 0 Å². The summed E-state index contributed by atoms with van der Waals surface area (Å²) >= 11 is 0. The van der Waals surface area contributed by atoms with E-state index < -0.39 is 0 Å². The van der Waals surface area contributed by atoms with Gasteiger partial charge in [-0.15, -0.1) is 0 Å². The van der Waals surface area contributed by atoms with Crippen LogP contribution in [0.2, 0.25) is 0 Å². The summed E-state index contributed by atoms with van der Waals surface area (Å²) in [4.78, 5) is 13.2. The normalized spacial score (nSPS) is 18.5. The smallest absolute Gasteiger partial charge is 0.131 e. The van der Waals surface area contributed by atoms with Gasteiger partial charge in [-0.25, -0.2) is 9.97 Å². The number of likely N-dealkylation sites (N-methyl/N-ethyl adjacent to an activating group) is 1. The number of hydrogen-bond donors (Lipinski definition) is 0. The Morgan fingerprint density at radius 2 is 2.09 bits per heavy atom. The average Bonchev–Trinajstić information content (AvgIpc) is 3.05. The highest BCUT2D eigenvalue weighted by atomic mass is 15.3. The largest absolute Gasteiger partial charge is 0.355 e. The average molecular weight is 296 g/mol. The van der Waals surface area contributed by atoms with E-state index in [-0.39, 0.29) is 0 Å². The van der Waals surface area contributed by atoms with E-state index >= 15 is 0 Å². The fraction of sp³-hybridized carbons (Fsp3) is 0.444. The quantitative estimate of drug-likeness (QED) is 0.820. The van der Waals surface area contributed by atoms with Crippen molar-refractivity contribution in [3.05, 3.63) is 54.5 Å². The van der Waals surface area contributed by atoms with Crippen LogP contribution in [0.4, 0.5) is 5.82 Å². The number of rotatable bonds is 6. The van der Waals surface area contributed by atoms with Crippen LogP contribution in [-0.2, 0) is 6.42 Å². The minimum Gasteiger partial charge on any atom is -0.355 e. The van der Waals surface area contributed by atoms with E-state index in [1.807, 2.05) is 12.3 Å². The minimum absolute atomic E-state index is 0.562. The third kappa shape index (κ3) is 3.83. The van der Waals surface area contributed by atoms with E-state index in [9.17, 15) is 0 Å². The van der Waals surface area contributed by atoms with Gasteiger partial charge in [0.25, 0.3) is 0 Å². The number of benzene rings is 1. The van der Waals surface area contributed by atoms with Crippen molar-refractivity contribution in [2.45, 2.75) is 25.3 Å². The Balaban J connectivity index is 1.44. The maximum absolute atomic E-state index is 4.35. The molecule has 116 valence electrons. The maximum Gasteiger partial charge on any atom is 0.131 e. The van der Waals surface area contributed by atoms with Crippen LogP contribution >= 0.6 is 0 Å². The predicted molar refractivity (Wildman–Crippen MR) is 90.0 cm³/mol. The maximum atomic E-state index is 4.35. The standard InChI is InChI=1S/C18H24N4/c1-21(18-9-11-19-15-20-18)17-10-13-22(14-17)12-5-8-16-6-3-2-4-7-16/h2-4,6-7,9,11,15,17H,5,8,10,12-14H2,1H3. The van der Waals surface area contributed by atoms with Gasteiger partial charge in [0.05, 0.1) is 0 Å². The molecule has 2 aromatic rings. The molecule has 0 aliphatic carbocycles. The molecule has 1 fully saturated rings. The zero-order valence-corrected chi connectivity index (χ0v) is 13.2. The molecular weight excluding hydrogens is 272 g/mol. The van der Waals surface area contributed by atoms with E-state index in [4.69, 9.17) is 0 Å². The molecule has 0 N–H and O–H groups in total. The molecule has 2 heterocycles. The first-order chi connectivity index (χ1) is 10.8. The number of aryl methyl sites for hydroxylation is 1. The molecule has 22 heavy (non-hydrogen) atoms. The summed E-state index contributed by atoms with van der Waals surface area (Å²) in [5, 5.41) is 0. The fourth-order valence-corrected chi connectivity index (χ4v) is 3.16. The molecule has 0 amide bonds. The van der Waals surface area contributed by atoms with Gasteiger partial charge < -0.3 is 9.80 Å². The lowest BCUT2D eigenvalue weighted by atomic mass is 10.1. The van der Waals surface area contributed by atoms with E-state index in [0.717, 1.165) is 12.4 Å². The van der Waals surface area contributed by atoms with Crippen molar-refractivity contribution < 1.29 is 0 Å². The van der Waals surface area contributed by atoms with E-state index in [1.165, 1.54) is 37.9 Å². The van der Waals surface area contributed by atoms with Crippen molar-refractivity contribution in [2.75, 3.05) is 31.6 Å². The number of anilines is 1. The molecule has 0 bridgehead atoms. The van der Waals surface area contributed by atoms with Crippen molar-refractivity contribution in [1.82, 2.24) is 14.9 Å². The molecule has 1 aromatic heterocycles. The minimum atomic E-state index is 0.562. The van der Waals surface area contributed by atoms with E-state index in [1.54, 1.807) is 6.33 Å². The Bertz CT molecular complexity index is 558. The van der Waals surface area contributed by atoms with Gasteiger partial charge >= 0.3 is 0 Å². The number of hydrogen-bond acceptors (Lipinski definition) is 4. The Morgan fingerprint density at radius 3 is 2.86 bits per heavy atom. The van der Waals surface area contributed by atoms with Crippen LogP contribution in [0.3, 0.4) is 0 Å². The van der Waals surface area contributed by atoms with Gasteiger partial charge in [-0.3, -0.25) is 0 Å². The third-order valence-electron chi connectivity index (χ3n) is 4.51. The molecular formula is C18H24N4. The van der Waals surface area contributed by atoms with Gasteiger partial charge in [-0.1, -0.05) is 30.3 Å². The molecule has 0 spiro atoms. The predicted octanol–water partition coefficient (Wildman–Crippen LogP) is 2.62.